The molecule has 0 aliphatic carbocycles. The number of hydrogen-bond acceptors (Lipinski definition) is 2. The summed E-state index contributed by atoms with van der Waals surface area (Å²) in [5.74, 6) is 2.58. The average Bonchev–Trinajstić information content (AvgIpc) is 1.63. The van der Waals surface area contributed by atoms with Crippen molar-refractivity contribution in [2.24, 2.45) is 5.73 Å². The van der Waals surface area contributed by atoms with Gasteiger partial charge in [-0.3, -0.25) is 0 Å². The number of rotatable bonds is 0. The molecule has 0 spiro atoms. The number of amides is 1. The minimum absolute atomic E-state index is 0.138. The van der Waals surface area contributed by atoms with Gasteiger partial charge in [0, 0.05) is 0 Å². The molecule has 3 nitrogen and oxygen atoms in total. The summed E-state index contributed by atoms with van der Waals surface area (Å²) in [5.41, 5.74) is 4.61. The fourth-order valence-electron chi connectivity index (χ4n) is 0.124. The normalized spacial score (nSPS) is 7.89. The molecular weight excluding hydrogens is 348 g/mol. The maximum absolute atomic E-state index is 9.87. The zero-order valence-electron chi connectivity index (χ0n) is 4.23. The summed E-state index contributed by atoms with van der Waals surface area (Å²) in [6.07, 6.45) is 1.28. The fourth-order valence-corrected chi connectivity index (χ4v) is 0.379. The highest BCUT2D eigenvalue weighted by molar-refractivity contribution is 14.2. The third-order valence-corrected chi connectivity index (χ3v) is 0.942. The van der Waals surface area contributed by atoms with E-state index in [9.17, 15) is 4.79 Å². The summed E-state index contributed by atoms with van der Waals surface area (Å²) in [7, 11) is 0. The Hall–Kier alpha value is 0.290. The van der Waals surface area contributed by atoms with E-state index in [4.69, 9.17) is 0 Å². The van der Waals surface area contributed by atoms with Crippen LogP contribution in [0.25, 0.3) is 0 Å². The van der Waals surface area contributed by atoms with Gasteiger partial charge in [0.05, 0.1) is 0 Å². The predicted molar refractivity (Wildman–Crippen MR) is 50.3 cm³/mol. The lowest BCUT2D eigenvalue weighted by molar-refractivity contribution is 0.202. The number of hydrogen-bond donors (Lipinski definition) is 1. The summed E-state index contributed by atoms with van der Waals surface area (Å²) < 4.78 is 4.26. The van der Waals surface area contributed by atoms with Crippen molar-refractivity contribution in [3.63, 3.8) is 0 Å². The van der Waals surface area contributed by atoms with E-state index >= 15 is 0 Å². The summed E-state index contributed by atoms with van der Waals surface area (Å²) in [4.78, 5) is 9.87. The van der Waals surface area contributed by atoms with Crippen LogP contribution in [-0.2, 0) is 4.74 Å². The van der Waals surface area contributed by atoms with Crippen molar-refractivity contribution in [2.45, 2.75) is 1.93 Å². The topological polar surface area (TPSA) is 52.3 Å². The first-order valence-corrected chi connectivity index (χ1v) is 4.37. The van der Waals surface area contributed by atoms with E-state index in [2.05, 4.69) is 67.7 Å². The van der Waals surface area contributed by atoms with Crippen molar-refractivity contribution in [3.05, 3.63) is 0 Å². The van der Waals surface area contributed by atoms with E-state index in [-0.39, 0.29) is 1.93 Å². The van der Waals surface area contributed by atoms with Gasteiger partial charge < -0.3 is 10.5 Å². The van der Waals surface area contributed by atoms with Gasteiger partial charge in [0.25, 0.3) is 0 Å². The van der Waals surface area contributed by atoms with E-state index in [0.717, 1.165) is 0 Å². The van der Waals surface area contributed by atoms with Gasteiger partial charge in [0.15, 0.2) is 0 Å². The molecule has 0 aromatic carbocycles. The Morgan fingerprint density at radius 1 is 1.67 bits per heavy atom. The quantitative estimate of drug-likeness (QED) is 0.406. The lowest BCUT2D eigenvalue weighted by Crippen LogP contribution is -2.09. The number of halogens is 2. The van der Waals surface area contributed by atoms with Crippen LogP contribution in [0.15, 0.2) is 0 Å². The third kappa shape index (κ3) is 8.29. The summed E-state index contributed by atoms with van der Waals surface area (Å²) in [6.45, 7) is 0. The Labute approximate surface area is 80.0 Å². The number of alkyl halides is 2. The highest BCUT2D eigenvalue weighted by atomic mass is 127. The Morgan fingerprint density at radius 3 is 2.56 bits per heavy atom. The molecule has 0 fully saturated rings. The van der Waals surface area contributed by atoms with E-state index in [1.807, 2.05) is 0 Å². The van der Waals surface area contributed by atoms with Crippen LogP contribution in [0, 0.1) is 12.0 Å². The van der Waals surface area contributed by atoms with Crippen LogP contribution >= 0.6 is 45.2 Å². The van der Waals surface area contributed by atoms with Crippen LogP contribution in [0.2, 0.25) is 0 Å². The van der Waals surface area contributed by atoms with Gasteiger partial charge in [-0.15, -0.1) is 0 Å². The Bertz CT molecular complexity index is 158. The SMILES string of the molecule is NC(=O)OC#CC(I)I. The van der Waals surface area contributed by atoms with Gasteiger partial charge in [0.1, 0.15) is 8.04 Å². The van der Waals surface area contributed by atoms with Crippen molar-refractivity contribution in [2.75, 3.05) is 0 Å². The summed E-state index contributed by atoms with van der Waals surface area (Å²) >= 11 is 4.14. The van der Waals surface area contributed by atoms with Crippen LogP contribution < -0.4 is 5.73 Å². The van der Waals surface area contributed by atoms with Crippen molar-refractivity contribution < 1.29 is 9.53 Å². The minimum atomic E-state index is -0.865. The fraction of sp³-hybridized carbons (Fsp3) is 0.250. The second kappa shape index (κ2) is 5.10. The maximum Gasteiger partial charge on any atom is 0.418 e. The molecule has 0 radical (unpaired) electrons. The average molecular weight is 351 g/mol. The molecule has 0 aromatic rings. The number of carbonyl (C=O) groups is 1. The largest absolute Gasteiger partial charge is 0.418 e. The molecule has 0 atom stereocenters. The maximum atomic E-state index is 9.87. The smallest absolute Gasteiger partial charge is 0.356 e. The molecule has 2 N–H and O–H groups in total. The zero-order chi connectivity index (χ0) is 7.28. The molecule has 0 saturated carbocycles. The molecular formula is C4H3I2NO2. The predicted octanol–water partition coefficient (Wildman–Crippen LogP) is 1.24. The summed E-state index contributed by atoms with van der Waals surface area (Å²) in [6, 6.07) is 0. The van der Waals surface area contributed by atoms with Crippen molar-refractivity contribution in [1.29, 1.82) is 0 Å². The number of primary amides is 1. The third-order valence-electron chi connectivity index (χ3n) is 0.320. The number of carbonyl (C=O) groups excluding carboxylic acids is 1. The number of nitrogens with two attached hydrogens (primary N) is 1. The lowest BCUT2D eigenvalue weighted by Gasteiger charge is -1.84. The van der Waals surface area contributed by atoms with Gasteiger partial charge in [-0.25, -0.2) is 4.79 Å². The van der Waals surface area contributed by atoms with Gasteiger partial charge in [-0.2, -0.15) is 0 Å². The Morgan fingerprint density at radius 2 is 2.22 bits per heavy atom. The molecule has 9 heavy (non-hydrogen) atoms. The Balaban J connectivity index is 3.50. The molecule has 0 aromatic heterocycles. The second-order valence-corrected chi connectivity index (χ2v) is 5.84. The second-order valence-electron chi connectivity index (χ2n) is 0.968. The van der Waals surface area contributed by atoms with Crippen molar-refractivity contribution in [1.82, 2.24) is 0 Å². The molecule has 0 unspecified atom stereocenters. The highest BCUT2D eigenvalue weighted by Crippen LogP contribution is 2.06. The lowest BCUT2D eigenvalue weighted by atomic mass is 10.8. The molecule has 0 rings (SSSR count). The Kier molecular flexibility index (Phi) is 5.27. The monoisotopic (exact) mass is 351 g/mol. The van der Waals surface area contributed by atoms with Crippen molar-refractivity contribution in [3.8, 4) is 12.0 Å². The first-order chi connectivity index (χ1) is 4.13. The molecule has 0 saturated heterocycles. The van der Waals surface area contributed by atoms with Crippen LogP contribution in [-0.4, -0.2) is 8.02 Å². The van der Waals surface area contributed by atoms with E-state index in [1.54, 1.807) is 0 Å². The highest BCUT2D eigenvalue weighted by Gasteiger charge is 1.88. The van der Waals surface area contributed by atoms with Crippen LogP contribution in [0.5, 0.6) is 0 Å². The van der Waals surface area contributed by atoms with Gasteiger partial charge in [0.2, 0.25) is 0 Å². The summed E-state index contributed by atoms with van der Waals surface area (Å²) in [5, 5.41) is 0. The molecule has 0 aliphatic heterocycles. The molecule has 0 bridgehead atoms. The molecule has 50 valence electrons. The first kappa shape index (κ1) is 9.29. The van der Waals surface area contributed by atoms with E-state index in [0.29, 0.717) is 0 Å². The number of ether oxygens (including phenoxy) is 1. The van der Waals surface area contributed by atoms with Gasteiger partial charge in [-0.05, 0) is 5.92 Å². The minimum Gasteiger partial charge on any atom is -0.356 e. The van der Waals surface area contributed by atoms with Crippen LogP contribution in [0.1, 0.15) is 0 Å². The van der Waals surface area contributed by atoms with Crippen LogP contribution in [0.4, 0.5) is 4.79 Å². The van der Waals surface area contributed by atoms with E-state index < -0.39 is 6.09 Å². The van der Waals surface area contributed by atoms with Gasteiger partial charge >= 0.3 is 6.09 Å². The molecule has 1 amide bonds. The van der Waals surface area contributed by atoms with Crippen LogP contribution in [0.3, 0.4) is 0 Å². The van der Waals surface area contributed by atoms with E-state index in [1.165, 1.54) is 0 Å². The standard InChI is InChI=1S/C4H3I2NO2/c5-3(6)1-2-9-4(7)8/h3H,(H2,7,8). The first-order valence-electron chi connectivity index (χ1n) is 1.88. The molecule has 0 heterocycles. The van der Waals surface area contributed by atoms with Gasteiger partial charge in [-0.1, -0.05) is 45.2 Å². The van der Waals surface area contributed by atoms with Crippen molar-refractivity contribution >= 4 is 51.3 Å². The molecule has 0 aliphatic rings. The molecule has 5 heteroatoms. The zero-order valence-corrected chi connectivity index (χ0v) is 8.54.